The Balaban J connectivity index is 0.00000280. The Bertz CT molecular complexity index is 590. The SMILES string of the molecule is CCN(CCNC(=NC)NC1CCN(Cc2ccccc2)C(C)C1)C1CC1.I. The molecular weight excluding hydrogens is 461 g/mol. The van der Waals surface area contributed by atoms with E-state index in [1.165, 1.54) is 24.8 Å². The molecule has 3 rings (SSSR count). The lowest BCUT2D eigenvalue weighted by Gasteiger charge is -2.38. The van der Waals surface area contributed by atoms with Crippen LogP contribution in [-0.4, -0.2) is 67.1 Å². The van der Waals surface area contributed by atoms with Crippen molar-refractivity contribution >= 4 is 29.9 Å². The number of guanidine groups is 1. The smallest absolute Gasteiger partial charge is 0.191 e. The van der Waals surface area contributed by atoms with Crippen molar-refractivity contribution < 1.29 is 0 Å². The minimum atomic E-state index is 0. The molecule has 0 amide bonds. The maximum Gasteiger partial charge on any atom is 0.191 e. The van der Waals surface area contributed by atoms with Gasteiger partial charge in [0.1, 0.15) is 0 Å². The van der Waals surface area contributed by atoms with E-state index in [9.17, 15) is 0 Å². The third-order valence-electron chi connectivity index (χ3n) is 5.97. The normalized spacial score (nSPS) is 23.4. The number of likely N-dealkylation sites (tertiary alicyclic amines) is 1. The number of piperidine rings is 1. The Labute approximate surface area is 188 Å². The van der Waals surface area contributed by atoms with E-state index in [1.807, 2.05) is 7.05 Å². The van der Waals surface area contributed by atoms with E-state index in [0.29, 0.717) is 12.1 Å². The van der Waals surface area contributed by atoms with Crippen LogP contribution in [0, 0.1) is 0 Å². The van der Waals surface area contributed by atoms with E-state index in [1.54, 1.807) is 0 Å². The van der Waals surface area contributed by atoms with Gasteiger partial charge in [0.15, 0.2) is 5.96 Å². The number of benzene rings is 1. The molecule has 28 heavy (non-hydrogen) atoms. The van der Waals surface area contributed by atoms with Crippen molar-refractivity contribution in [2.24, 2.45) is 4.99 Å². The standard InChI is InChI=1S/C22H37N5.HI/c1-4-26(21-10-11-21)15-13-24-22(23-3)25-20-12-14-27(18(2)16-20)17-19-8-6-5-7-9-19;/h5-9,18,20-21H,4,10-17H2,1-3H3,(H2,23,24,25);1H. The van der Waals surface area contributed by atoms with Gasteiger partial charge in [-0.1, -0.05) is 37.3 Å². The highest BCUT2D eigenvalue weighted by molar-refractivity contribution is 14.0. The number of aliphatic imine (C=N–C) groups is 1. The Hall–Kier alpha value is -0.860. The summed E-state index contributed by atoms with van der Waals surface area (Å²) in [6.07, 6.45) is 5.08. The van der Waals surface area contributed by atoms with Gasteiger partial charge < -0.3 is 10.6 Å². The van der Waals surface area contributed by atoms with Crippen LogP contribution in [0.4, 0.5) is 0 Å². The number of nitrogens with one attached hydrogen (secondary N) is 2. The van der Waals surface area contributed by atoms with Gasteiger partial charge in [-0.2, -0.15) is 0 Å². The van der Waals surface area contributed by atoms with Crippen molar-refractivity contribution in [2.75, 3.05) is 33.2 Å². The highest BCUT2D eigenvalue weighted by atomic mass is 127. The van der Waals surface area contributed by atoms with Crippen molar-refractivity contribution in [3.63, 3.8) is 0 Å². The summed E-state index contributed by atoms with van der Waals surface area (Å²) in [6.45, 7) is 10.0. The Morgan fingerprint density at radius 2 is 1.96 bits per heavy atom. The first-order valence-electron chi connectivity index (χ1n) is 10.7. The highest BCUT2D eigenvalue weighted by Crippen LogP contribution is 2.25. The second-order valence-corrected chi connectivity index (χ2v) is 8.03. The van der Waals surface area contributed by atoms with Crippen molar-refractivity contribution in [3.05, 3.63) is 35.9 Å². The predicted octanol–water partition coefficient (Wildman–Crippen LogP) is 3.31. The first-order valence-corrected chi connectivity index (χ1v) is 10.7. The van der Waals surface area contributed by atoms with E-state index in [-0.39, 0.29) is 24.0 Å². The average molecular weight is 499 g/mol. The molecule has 1 saturated heterocycles. The summed E-state index contributed by atoms with van der Waals surface area (Å²) in [5.41, 5.74) is 1.41. The fourth-order valence-electron chi connectivity index (χ4n) is 4.15. The van der Waals surface area contributed by atoms with Gasteiger partial charge in [-0.25, -0.2) is 0 Å². The van der Waals surface area contributed by atoms with Crippen LogP contribution in [-0.2, 0) is 6.54 Å². The van der Waals surface area contributed by atoms with Crippen molar-refractivity contribution in [1.82, 2.24) is 20.4 Å². The van der Waals surface area contributed by atoms with Gasteiger partial charge in [0.05, 0.1) is 0 Å². The molecule has 2 atom stereocenters. The van der Waals surface area contributed by atoms with Gasteiger partial charge in [-0.05, 0) is 44.7 Å². The van der Waals surface area contributed by atoms with E-state index < -0.39 is 0 Å². The van der Waals surface area contributed by atoms with Gasteiger partial charge in [-0.15, -0.1) is 24.0 Å². The van der Waals surface area contributed by atoms with Crippen LogP contribution in [0.25, 0.3) is 0 Å². The Morgan fingerprint density at radius 3 is 2.57 bits per heavy atom. The van der Waals surface area contributed by atoms with Crippen molar-refractivity contribution in [3.8, 4) is 0 Å². The van der Waals surface area contributed by atoms with Crippen LogP contribution >= 0.6 is 24.0 Å². The zero-order valence-electron chi connectivity index (χ0n) is 17.7. The van der Waals surface area contributed by atoms with Gasteiger partial charge in [0.2, 0.25) is 0 Å². The number of hydrogen-bond acceptors (Lipinski definition) is 3. The summed E-state index contributed by atoms with van der Waals surface area (Å²) in [7, 11) is 1.88. The Kier molecular flexibility index (Phi) is 10.0. The molecule has 158 valence electrons. The zero-order valence-corrected chi connectivity index (χ0v) is 20.1. The summed E-state index contributed by atoms with van der Waals surface area (Å²) in [6, 6.07) is 12.7. The predicted molar refractivity (Wildman–Crippen MR) is 130 cm³/mol. The molecule has 2 N–H and O–H groups in total. The quantitative estimate of drug-likeness (QED) is 0.327. The topological polar surface area (TPSA) is 42.9 Å². The fraction of sp³-hybridized carbons (Fsp3) is 0.682. The molecule has 1 heterocycles. The van der Waals surface area contributed by atoms with Crippen LogP contribution < -0.4 is 10.6 Å². The first kappa shape index (κ1) is 23.4. The van der Waals surface area contributed by atoms with Gasteiger partial charge in [0, 0.05) is 51.4 Å². The summed E-state index contributed by atoms with van der Waals surface area (Å²) in [5.74, 6) is 0.954. The van der Waals surface area contributed by atoms with Crippen LogP contribution in [0.15, 0.2) is 35.3 Å². The maximum absolute atomic E-state index is 4.44. The first-order chi connectivity index (χ1) is 13.2. The van der Waals surface area contributed by atoms with Crippen molar-refractivity contribution in [2.45, 2.75) is 64.2 Å². The van der Waals surface area contributed by atoms with Gasteiger partial charge in [-0.3, -0.25) is 14.8 Å². The van der Waals surface area contributed by atoms with Crippen LogP contribution in [0.3, 0.4) is 0 Å². The lowest BCUT2D eigenvalue weighted by Crippen LogP contribution is -2.52. The molecule has 2 fully saturated rings. The maximum atomic E-state index is 4.44. The minimum Gasteiger partial charge on any atom is -0.355 e. The Morgan fingerprint density at radius 1 is 1.21 bits per heavy atom. The van der Waals surface area contributed by atoms with E-state index in [2.05, 4.69) is 69.6 Å². The summed E-state index contributed by atoms with van der Waals surface area (Å²) in [4.78, 5) is 9.61. The monoisotopic (exact) mass is 499 g/mol. The average Bonchev–Trinajstić information content (AvgIpc) is 3.52. The third kappa shape index (κ3) is 7.19. The molecule has 1 saturated carbocycles. The summed E-state index contributed by atoms with van der Waals surface area (Å²) in [5, 5.41) is 7.16. The molecule has 5 nitrogen and oxygen atoms in total. The van der Waals surface area contributed by atoms with E-state index >= 15 is 0 Å². The second kappa shape index (κ2) is 12.0. The second-order valence-electron chi connectivity index (χ2n) is 8.03. The van der Waals surface area contributed by atoms with Crippen molar-refractivity contribution in [1.29, 1.82) is 0 Å². The molecule has 2 aliphatic rings. The molecular formula is C22H38IN5. The molecule has 0 aromatic heterocycles. The molecule has 0 spiro atoms. The molecule has 0 bridgehead atoms. The lowest BCUT2D eigenvalue weighted by molar-refractivity contribution is 0.134. The molecule has 0 radical (unpaired) electrons. The molecule has 1 aromatic rings. The van der Waals surface area contributed by atoms with Crippen LogP contribution in [0.2, 0.25) is 0 Å². The molecule has 6 heteroatoms. The summed E-state index contributed by atoms with van der Waals surface area (Å²) >= 11 is 0. The number of halogens is 1. The van der Waals surface area contributed by atoms with Crippen LogP contribution in [0.1, 0.15) is 45.1 Å². The fourth-order valence-corrected chi connectivity index (χ4v) is 4.15. The minimum absolute atomic E-state index is 0. The lowest BCUT2D eigenvalue weighted by atomic mass is 9.97. The van der Waals surface area contributed by atoms with E-state index in [0.717, 1.165) is 51.1 Å². The number of nitrogens with zero attached hydrogens (tertiary/aromatic N) is 3. The summed E-state index contributed by atoms with van der Waals surface area (Å²) < 4.78 is 0. The van der Waals surface area contributed by atoms with E-state index in [4.69, 9.17) is 0 Å². The highest BCUT2D eigenvalue weighted by Gasteiger charge is 2.28. The third-order valence-corrected chi connectivity index (χ3v) is 5.97. The number of hydrogen-bond donors (Lipinski definition) is 2. The molecule has 1 aliphatic carbocycles. The van der Waals surface area contributed by atoms with Gasteiger partial charge in [0.25, 0.3) is 0 Å². The molecule has 1 aliphatic heterocycles. The van der Waals surface area contributed by atoms with Crippen LogP contribution in [0.5, 0.6) is 0 Å². The zero-order chi connectivity index (χ0) is 19.1. The largest absolute Gasteiger partial charge is 0.355 e. The number of rotatable bonds is 8. The molecule has 2 unspecified atom stereocenters. The number of likely N-dealkylation sites (N-methyl/N-ethyl adjacent to an activating group) is 1. The molecule has 1 aromatic carbocycles. The van der Waals surface area contributed by atoms with Gasteiger partial charge >= 0.3 is 0 Å².